The number of hydrogen-bond acceptors (Lipinski definition) is 4. The van der Waals surface area contributed by atoms with Crippen molar-refractivity contribution in [3.63, 3.8) is 0 Å². The van der Waals surface area contributed by atoms with E-state index < -0.39 is 5.82 Å². The first-order valence-electron chi connectivity index (χ1n) is 6.81. The van der Waals surface area contributed by atoms with Crippen LogP contribution in [0.1, 0.15) is 10.5 Å². The Morgan fingerprint density at radius 1 is 1.18 bits per heavy atom. The Kier molecular flexibility index (Phi) is 3.95. The van der Waals surface area contributed by atoms with Crippen molar-refractivity contribution >= 4 is 22.6 Å². The molecule has 22 heavy (non-hydrogen) atoms. The fourth-order valence-electron chi connectivity index (χ4n) is 2.09. The average molecular weight is 299 g/mol. The van der Waals surface area contributed by atoms with E-state index in [-0.39, 0.29) is 11.7 Å². The molecule has 0 atom stereocenters. The number of benzene rings is 1. The molecule has 0 aliphatic rings. The standard InChI is InChI=1S/C15H14FN5O/c16-11-5-3-7-17-14(11)18-8-9-19-15(22)13-10-4-1-2-6-12(10)20-21-13/h1-7H,8-9H2,(H,17,18)(H,19,22)(H,20,21). The van der Waals surface area contributed by atoms with Gasteiger partial charge in [-0.05, 0) is 18.2 Å². The highest BCUT2D eigenvalue weighted by Gasteiger charge is 2.12. The summed E-state index contributed by atoms with van der Waals surface area (Å²) in [5, 5.41) is 13.1. The van der Waals surface area contributed by atoms with Gasteiger partial charge in [-0.2, -0.15) is 5.10 Å². The second-order valence-corrected chi connectivity index (χ2v) is 4.63. The van der Waals surface area contributed by atoms with Crippen LogP contribution in [0.2, 0.25) is 0 Å². The third kappa shape index (κ3) is 2.88. The molecule has 0 aliphatic carbocycles. The van der Waals surface area contributed by atoms with E-state index in [0.717, 1.165) is 10.9 Å². The number of nitrogens with one attached hydrogen (secondary N) is 3. The lowest BCUT2D eigenvalue weighted by Crippen LogP contribution is -2.29. The van der Waals surface area contributed by atoms with Gasteiger partial charge in [-0.15, -0.1) is 0 Å². The molecule has 0 saturated heterocycles. The molecule has 2 heterocycles. The number of fused-ring (bicyclic) bond motifs is 1. The molecule has 0 aliphatic heterocycles. The Morgan fingerprint density at radius 2 is 2.05 bits per heavy atom. The van der Waals surface area contributed by atoms with E-state index in [1.165, 1.54) is 18.3 Å². The van der Waals surface area contributed by atoms with Crippen molar-refractivity contribution in [3.8, 4) is 0 Å². The molecule has 1 amide bonds. The van der Waals surface area contributed by atoms with E-state index >= 15 is 0 Å². The number of carbonyl (C=O) groups excluding carboxylic acids is 1. The Labute approximate surface area is 125 Å². The molecule has 3 rings (SSSR count). The summed E-state index contributed by atoms with van der Waals surface area (Å²) in [5.74, 6) is -0.533. The van der Waals surface area contributed by atoms with Crippen LogP contribution in [0.5, 0.6) is 0 Å². The summed E-state index contributed by atoms with van der Waals surface area (Å²) in [5.41, 5.74) is 1.15. The van der Waals surface area contributed by atoms with Crippen LogP contribution < -0.4 is 10.6 Å². The minimum absolute atomic E-state index is 0.168. The number of rotatable bonds is 5. The summed E-state index contributed by atoms with van der Waals surface area (Å²) in [4.78, 5) is 16.0. The number of H-pyrrole nitrogens is 1. The molecule has 0 spiro atoms. The maximum atomic E-state index is 13.3. The van der Waals surface area contributed by atoms with Crippen LogP contribution in [0.25, 0.3) is 10.9 Å². The third-order valence-electron chi connectivity index (χ3n) is 3.15. The Morgan fingerprint density at radius 3 is 2.91 bits per heavy atom. The van der Waals surface area contributed by atoms with Crippen molar-refractivity contribution < 1.29 is 9.18 Å². The zero-order chi connectivity index (χ0) is 15.4. The third-order valence-corrected chi connectivity index (χ3v) is 3.15. The van der Waals surface area contributed by atoms with E-state index in [0.29, 0.717) is 18.8 Å². The highest BCUT2D eigenvalue weighted by atomic mass is 19.1. The molecule has 3 N–H and O–H groups in total. The maximum Gasteiger partial charge on any atom is 0.272 e. The summed E-state index contributed by atoms with van der Waals surface area (Å²) in [6.45, 7) is 0.693. The largest absolute Gasteiger partial charge is 0.366 e. The normalized spacial score (nSPS) is 10.6. The molecule has 0 radical (unpaired) electrons. The van der Waals surface area contributed by atoms with Gasteiger partial charge in [0.1, 0.15) is 0 Å². The first-order valence-corrected chi connectivity index (χ1v) is 6.81. The number of aromatic amines is 1. The fourth-order valence-corrected chi connectivity index (χ4v) is 2.09. The van der Waals surface area contributed by atoms with Crippen molar-refractivity contribution in [1.29, 1.82) is 0 Å². The summed E-state index contributed by atoms with van der Waals surface area (Å²) >= 11 is 0. The SMILES string of the molecule is O=C(NCCNc1ncccc1F)c1n[nH]c2ccccc12. The number of halogens is 1. The summed E-state index contributed by atoms with van der Waals surface area (Å²) in [6, 6.07) is 10.2. The maximum absolute atomic E-state index is 13.3. The van der Waals surface area contributed by atoms with Crippen molar-refractivity contribution in [2.75, 3.05) is 18.4 Å². The number of para-hydroxylation sites is 1. The van der Waals surface area contributed by atoms with Crippen molar-refractivity contribution in [2.24, 2.45) is 0 Å². The van der Waals surface area contributed by atoms with Gasteiger partial charge < -0.3 is 10.6 Å². The van der Waals surface area contributed by atoms with Crippen LogP contribution in [-0.4, -0.2) is 34.2 Å². The van der Waals surface area contributed by atoms with Gasteiger partial charge in [-0.25, -0.2) is 9.37 Å². The summed E-state index contributed by atoms with van der Waals surface area (Å²) in [6.07, 6.45) is 1.50. The Balaban J connectivity index is 1.56. The monoisotopic (exact) mass is 299 g/mol. The zero-order valence-electron chi connectivity index (χ0n) is 11.6. The zero-order valence-corrected chi connectivity index (χ0v) is 11.6. The smallest absolute Gasteiger partial charge is 0.272 e. The van der Waals surface area contributed by atoms with E-state index in [1.807, 2.05) is 24.3 Å². The van der Waals surface area contributed by atoms with Gasteiger partial charge in [0.2, 0.25) is 0 Å². The molecule has 0 unspecified atom stereocenters. The van der Waals surface area contributed by atoms with Crippen LogP contribution in [-0.2, 0) is 0 Å². The lowest BCUT2D eigenvalue weighted by Gasteiger charge is -2.07. The second-order valence-electron chi connectivity index (χ2n) is 4.63. The highest BCUT2D eigenvalue weighted by molar-refractivity contribution is 6.04. The molecule has 0 fully saturated rings. The minimum atomic E-state index is -0.424. The van der Waals surface area contributed by atoms with Gasteiger partial charge in [0.15, 0.2) is 17.3 Å². The average Bonchev–Trinajstić information content (AvgIpc) is 2.97. The number of pyridine rings is 1. The summed E-state index contributed by atoms with van der Waals surface area (Å²) in [7, 11) is 0. The molecular formula is C15H14FN5O. The van der Waals surface area contributed by atoms with E-state index in [9.17, 15) is 9.18 Å². The molecule has 112 valence electrons. The minimum Gasteiger partial charge on any atom is -0.366 e. The highest BCUT2D eigenvalue weighted by Crippen LogP contribution is 2.14. The predicted molar refractivity (Wildman–Crippen MR) is 81.1 cm³/mol. The number of amides is 1. The lowest BCUT2D eigenvalue weighted by molar-refractivity contribution is 0.0952. The molecular weight excluding hydrogens is 285 g/mol. The molecule has 2 aromatic heterocycles. The van der Waals surface area contributed by atoms with Crippen LogP contribution in [0.3, 0.4) is 0 Å². The molecule has 3 aromatic rings. The number of hydrogen-bond donors (Lipinski definition) is 3. The van der Waals surface area contributed by atoms with Gasteiger partial charge in [0.25, 0.3) is 5.91 Å². The van der Waals surface area contributed by atoms with E-state index in [2.05, 4.69) is 25.8 Å². The second kappa shape index (κ2) is 6.21. The molecule has 7 heteroatoms. The van der Waals surface area contributed by atoms with E-state index in [4.69, 9.17) is 0 Å². The number of carbonyl (C=O) groups is 1. The van der Waals surface area contributed by atoms with Gasteiger partial charge >= 0.3 is 0 Å². The van der Waals surface area contributed by atoms with E-state index in [1.54, 1.807) is 0 Å². The van der Waals surface area contributed by atoms with Gasteiger partial charge in [-0.3, -0.25) is 9.89 Å². The van der Waals surface area contributed by atoms with Crippen molar-refractivity contribution in [2.45, 2.75) is 0 Å². The van der Waals surface area contributed by atoms with Gasteiger partial charge in [-0.1, -0.05) is 18.2 Å². The molecule has 0 saturated carbocycles. The molecule has 1 aromatic carbocycles. The van der Waals surface area contributed by atoms with Crippen LogP contribution in [0.15, 0.2) is 42.6 Å². The molecule has 0 bridgehead atoms. The predicted octanol–water partition coefficient (Wildman–Crippen LogP) is 1.94. The Bertz CT molecular complexity index is 801. The first-order chi connectivity index (χ1) is 10.8. The number of anilines is 1. The number of nitrogens with zero attached hydrogens (tertiary/aromatic N) is 2. The number of aromatic nitrogens is 3. The van der Waals surface area contributed by atoms with Crippen LogP contribution in [0.4, 0.5) is 10.2 Å². The quantitative estimate of drug-likeness (QED) is 0.629. The topological polar surface area (TPSA) is 82.7 Å². The van der Waals surface area contributed by atoms with Gasteiger partial charge in [0, 0.05) is 24.7 Å². The van der Waals surface area contributed by atoms with Crippen molar-refractivity contribution in [3.05, 3.63) is 54.1 Å². The fraction of sp³-hybridized carbons (Fsp3) is 0.133. The van der Waals surface area contributed by atoms with Crippen LogP contribution in [0, 0.1) is 5.82 Å². The lowest BCUT2D eigenvalue weighted by atomic mass is 10.2. The van der Waals surface area contributed by atoms with Gasteiger partial charge in [0.05, 0.1) is 5.52 Å². The summed E-state index contributed by atoms with van der Waals surface area (Å²) < 4.78 is 13.3. The van der Waals surface area contributed by atoms with Crippen LogP contribution >= 0.6 is 0 Å². The first kappa shape index (κ1) is 14.0. The van der Waals surface area contributed by atoms with Crippen molar-refractivity contribution in [1.82, 2.24) is 20.5 Å². The molecule has 6 nitrogen and oxygen atoms in total. The Hall–Kier alpha value is -2.96.